The Bertz CT molecular complexity index is 662. The number of ether oxygens (including phenoxy) is 1. The molecule has 0 saturated carbocycles. The summed E-state index contributed by atoms with van der Waals surface area (Å²) in [5.41, 5.74) is 2.09. The van der Waals surface area contributed by atoms with E-state index >= 15 is 0 Å². The molecule has 20 heavy (non-hydrogen) atoms. The Balaban J connectivity index is 2.30. The lowest BCUT2D eigenvalue weighted by molar-refractivity contribution is 0.397. The minimum Gasteiger partial charge on any atom is -0.481 e. The molecule has 1 aromatic carbocycles. The van der Waals surface area contributed by atoms with Crippen molar-refractivity contribution < 1.29 is 4.74 Å². The molecule has 0 fully saturated rings. The van der Waals surface area contributed by atoms with E-state index in [2.05, 4.69) is 10.3 Å². The van der Waals surface area contributed by atoms with Gasteiger partial charge in [-0.3, -0.25) is 0 Å². The molecule has 3 nitrogen and oxygen atoms in total. The number of nitrogens with zero attached hydrogens (tertiary/aromatic N) is 1. The van der Waals surface area contributed by atoms with Gasteiger partial charge in [0.1, 0.15) is 10.7 Å². The van der Waals surface area contributed by atoms with E-state index in [1.165, 1.54) is 0 Å². The lowest BCUT2D eigenvalue weighted by atomic mass is 10.2. The predicted octanol–water partition coefficient (Wildman–Crippen LogP) is 4.49. The maximum atomic E-state index is 6.24. The number of nitrogens with one attached hydrogen (secondary N) is 1. The highest BCUT2D eigenvalue weighted by molar-refractivity contribution is 7.81. The number of anilines is 1. The summed E-state index contributed by atoms with van der Waals surface area (Å²) in [5.74, 6) is 0.494. The molecular weight excluding hydrogens is 315 g/mol. The molecule has 1 heterocycles. The fourth-order valence-electron chi connectivity index (χ4n) is 1.60. The van der Waals surface area contributed by atoms with Crippen molar-refractivity contribution >= 4 is 46.1 Å². The summed E-state index contributed by atoms with van der Waals surface area (Å²) in [4.78, 5) is 4.69. The molecule has 0 radical (unpaired) electrons. The first-order valence-electron chi connectivity index (χ1n) is 5.80. The monoisotopic (exact) mass is 326 g/mol. The Morgan fingerprint density at radius 2 is 2.00 bits per heavy atom. The fraction of sp³-hybridized carbons (Fsp3) is 0.143. The van der Waals surface area contributed by atoms with Crippen molar-refractivity contribution in [3.63, 3.8) is 0 Å². The number of methoxy groups -OCH3 is 1. The van der Waals surface area contributed by atoms with Crippen molar-refractivity contribution in [3.05, 3.63) is 51.6 Å². The Labute approximate surface area is 132 Å². The molecule has 0 spiro atoms. The smallest absolute Gasteiger partial charge is 0.213 e. The van der Waals surface area contributed by atoms with Crippen LogP contribution in [0.15, 0.2) is 30.3 Å². The molecule has 6 heteroatoms. The quantitative estimate of drug-likeness (QED) is 0.842. The highest BCUT2D eigenvalue weighted by Crippen LogP contribution is 2.33. The van der Waals surface area contributed by atoms with Crippen molar-refractivity contribution in [3.8, 4) is 5.88 Å². The highest BCUT2D eigenvalue weighted by Gasteiger charge is 2.12. The minimum absolute atomic E-state index is 0.429. The largest absolute Gasteiger partial charge is 0.481 e. The second-order valence-electron chi connectivity index (χ2n) is 4.07. The van der Waals surface area contributed by atoms with Crippen LogP contribution in [0.1, 0.15) is 11.3 Å². The molecule has 0 atom stereocenters. The maximum absolute atomic E-state index is 6.24. The van der Waals surface area contributed by atoms with E-state index in [0.717, 1.165) is 5.56 Å². The molecule has 2 rings (SSSR count). The van der Waals surface area contributed by atoms with Crippen LogP contribution >= 0.6 is 35.4 Å². The number of benzene rings is 1. The van der Waals surface area contributed by atoms with E-state index in [9.17, 15) is 0 Å². The molecule has 0 bridgehead atoms. The topological polar surface area (TPSA) is 34.1 Å². The minimum atomic E-state index is 0.429. The number of rotatable bonds is 3. The summed E-state index contributed by atoms with van der Waals surface area (Å²) in [6.07, 6.45) is 0. The van der Waals surface area contributed by atoms with E-state index < -0.39 is 0 Å². The van der Waals surface area contributed by atoms with Gasteiger partial charge >= 0.3 is 0 Å². The van der Waals surface area contributed by atoms with Crippen LogP contribution in [0, 0.1) is 6.92 Å². The number of thiocarbonyl (C=S) groups is 1. The average molecular weight is 327 g/mol. The van der Waals surface area contributed by atoms with Crippen molar-refractivity contribution in [1.29, 1.82) is 0 Å². The summed E-state index contributed by atoms with van der Waals surface area (Å²) in [6, 6.07) is 8.97. The second-order valence-corrected chi connectivity index (χ2v) is 5.27. The van der Waals surface area contributed by atoms with Gasteiger partial charge in [0.2, 0.25) is 5.88 Å². The zero-order valence-electron chi connectivity index (χ0n) is 10.9. The van der Waals surface area contributed by atoms with Crippen molar-refractivity contribution in [1.82, 2.24) is 4.98 Å². The first kappa shape index (κ1) is 15.0. The highest BCUT2D eigenvalue weighted by atomic mass is 35.5. The number of pyridine rings is 1. The molecule has 0 aliphatic carbocycles. The van der Waals surface area contributed by atoms with E-state index in [-0.39, 0.29) is 0 Å². The zero-order valence-corrected chi connectivity index (χ0v) is 13.2. The molecule has 0 amide bonds. The molecule has 104 valence electrons. The zero-order chi connectivity index (χ0) is 14.7. The van der Waals surface area contributed by atoms with Gasteiger partial charge in [0, 0.05) is 6.07 Å². The van der Waals surface area contributed by atoms with Crippen LogP contribution in [0.4, 0.5) is 5.69 Å². The number of hydrogen-bond donors (Lipinski definition) is 1. The van der Waals surface area contributed by atoms with E-state index in [0.29, 0.717) is 32.3 Å². The fourth-order valence-corrected chi connectivity index (χ4v) is 2.28. The van der Waals surface area contributed by atoms with Crippen LogP contribution in [0.25, 0.3) is 0 Å². The van der Waals surface area contributed by atoms with Gasteiger partial charge in [-0.25, -0.2) is 4.98 Å². The molecule has 0 aliphatic rings. The van der Waals surface area contributed by atoms with Gasteiger partial charge in [0.15, 0.2) is 0 Å². The van der Waals surface area contributed by atoms with Gasteiger partial charge in [0.25, 0.3) is 0 Å². The predicted molar refractivity (Wildman–Crippen MR) is 87.3 cm³/mol. The standard InChI is InChI=1S/C14H12Cl2N2OS/c1-8-6-7-9(15)13(12(8)16)18-14(20)10-4-3-5-11(17-10)19-2/h3-7H,1-2H3,(H,18,20). The van der Waals surface area contributed by atoms with Gasteiger partial charge in [-0.1, -0.05) is 47.6 Å². The van der Waals surface area contributed by atoms with E-state index in [1.54, 1.807) is 25.3 Å². The molecule has 1 N–H and O–H groups in total. The number of aryl methyl sites for hydroxylation is 1. The lowest BCUT2D eigenvalue weighted by Crippen LogP contribution is -2.13. The van der Waals surface area contributed by atoms with E-state index in [1.807, 2.05) is 19.1 Å². The third-order valence-corrected chi connectivity index (χ3v) is 3.80. The summed E-state index contributed by atoms with van der Waals surface area (Å²) in [6.45, 7) is 1.90. The summed E-state index contributed by atoms with van der Waals surface area (Å²) < 4.78 is 5.07. The van der Waals surface area contributed by atoms with Crippen LogP contribution in [0.2, 0.25) is 10.0 Å². The van der Waals surface area contributed by atoms with Crippen molar-refractivity contribution in [2.75, 3.05) is 12.4 Å². The molecule has 0 unspecified atom stereocenters. The molecule has 0 aliphatic heterocycles. The first-order chi connectivity index (χ1) is 9.52. The molecule has 2 aromatic rings. The van der Waals surface area contributed by atoms with Crippen LogP contribution in [0.3, 0.4) is 0 Å². The Hall–Kier alpha value is -1.36. The first-order valence-corrected chi connectivity index (χ1v) is 6.96. The molecule has 0 saturated heterocycles. The van der Waals surface area contributed by atoms with Crippen LogP contribution < -0.4 is 10.1 Å². The van der Waals surface area contributed by atoms with Gasteiger partial charge < -0.3 is 10.1 Å². The molecular formula is C14H12Cl2N2OS. The van der Waals surface area contributed by atoms with Gasteiger partial charge in [-0.05, 0) is 24.6 Å². The van der Waals surface area contributed by atoms with Gasteiger partial charge in [-0.15, -0.1) is 0 Å². The van der Waals surface area contributed by atoms with Crippen molar-refractivity contribution in [2.24, 2.45) is 0 Å². The number of hydrogen-bond acceptors (Lipinski definition) is 3. The van der Waals surface area contributed by atoms with Gasteiger partial charge in [0.05, 0.1) is 22.8 Å². The normalized spacial score (nSPS) is 10.2. The summed E-state index contributed by atoms with van der Waals surface area (Å²) >= 11 is 17.7. The Morgan fingerprint density at radius 3 is 2.70 bits per heavy atom. The average Bonchev–Trinajstić information content (AvgIpc) is 2.47. The Kier molecular flexibility index (Phi) is 4.81. The Morgan fingerprint density at radius 1 is 1.25 bits per heavy atom. The lowest BCUT2D eigenvalue weighted by Gasteiger charge is -2.13. The second kappa shape index (κ2) is 6.39. The number of aromatic nitrogens is 1. The number of halogens is 2. The van der Waals surface area contributed by atoms with Crippen molar-refractivity contribution in [2.45, 2.75) is 6.92 Å². The van der Waals surface area contributed by atoms with Crippen LogP contribution in [-0.4, -0.2) is 17.1 Å². The third-order valence-electron chi connectivity index (χ3n) is 2.69. The summed E-state index contributed by atoms with van der Waals surface area (Å²) in [7, 11) is 1.55. The maximum Gasteiger partial charge on any atom is 0.213 e. The molecule has 1 aromatic heterocycles. The third kappa shape index (κ3) is 3.20. The van der Waals surface area contributed by atoms with E-state index in [4.69, 9.17) is 40.2 Å². The van der Waals surface area contributed by atoms with Gasteiger partial charge in [-0.2, -0.15) is 0 Å². The van der Waals surface area contributed by atoms with Crippen LogP contribution in [-0.2, 0) is 0 Å². The van der Waals surface area contributed by atoms with Crippen LogP contribution in [0.5, 0.6) is 5.88 Å². The summed E-state index contributed by atoms with van der Waals surface area (Å²) in [5, 5.41) is 4.09. The SMILES string of the molecule is COc1cccc(C(=S)Nc2c(Cl)ccc(C)c2Cl)n1.